The van der Waals surface area contributed by atoms with Gasteiger partial charge >= 0.3 is 0 Å². The molecule has 0 saturated heterocycles. The standard InChI is InChI=1S/C15H22ClNO/c1-2-17(13-8-4-3-5-9-13)11-12-7-6-10-14(16)15(12)18/h6-7,10,13,18H,2-5,8-9,11H2,1H3. The van der Waals surface area contributed by atoms with Crippen molar-refractivity contribution in [3.63, 3.8) is 0 Å². The first-order valence-electron chi connectivity index (χ1n) is 6.92. The lowest BCUT2D eigenvalue weighted by Crippen LogP contribution is -2.36. The first-order chi connectivity index (χ1) is 8.72. The van der Waals surface area contributed by atoms with Gasteiger partial charge in [-0.3, -0.25) is 4.90 Å². The maximum Gasteiger partial charge on any atom is 0.138 e. The van der Waals surface area contributed by atoms with Gasteiger partial charge in [-0.05, 0) is 25.5 Å². The van der Waals surface area contributed by atoms with Gasteiger partial charge in [0.05, 0.1) is 5.02 Å². The fourth-order valence-corrected chi connectivity index (χ4v) is 3.05. The Morgan fingerprint density at radius 3 is 2.67 bits per heavy atom. The zero-order chi connectivity index (χ0) is 13.0. The zero-order valence-corrected chi connectivity index (χ0v) is 11.8. The Balaban J connectivity index is 2.07. The van der Waals surface area contributed by atoms with Crippen LogP contribution >= 0.6 is 11.6 Å². The molecule has 2 nitrogen and oxygen atoms in total. The number of hydrogen-bond donors (Lipinski definition) is 1. The second kappa shape index (κ2) is 6.44. The molecule has 1 aliphatic carbocycles. The fourth-order valence-electron chi connectivity index (χ4n) is 2.85. The van der Waals surface area contributed by atoms with Crippen LogP contribution in [0.4, 0.5) is 0 Å². The van der Waals surface area contributed by atoms with Crippen molar-refractivity contribution in [3.8, 4) is 5.75 Å². The molecule has 100 valence electrons. The van der Waals surface area contributed by atoms with Crippen LogP contribution in [0.15, 0.2) is 18.2 Å². The van der Waals surface area contributed by atoms with Gasteiger partial charge in [0.2, 0.25) is 0 Å². The summed E-state index contributed by atoms with van der Waals surface area (Å²) in [5, 5.41) is 10.4. The monoisotopic (exact) mass is 267 g/mol. The van der Waals surface area contributed by atoms with Gasteiger partial charge in [0, 0.05) is 18.2 Å². The van der Waals surface area contributed by atoms with Crippen molar-refractivity contribution in [1.29, 1.82) is 0 Å². The Bertz CT molecular complexity index is 388. The highest BCUT2D eigenvalue weighted by molar-refractivity contribution is 6.32. The lowest BCUT2D eigenvalue weighted by Gasteiger charge is -2.33. The summed E-state index contributed by atoms with van der Waals surface area (Å²) in [5.74, 6) is 0.244. The summed E-state index contributed by atoms with van der Waals surface area (Å²) < 4.78 is 0. The first-order valence-corrected chi connectivity index (χ1v) is 7.30. The van der Waals surface area contributed by atoms with E-state index in [1.807, 2.05) is 12.1 Å². The van der Waals surface area contributed by atoms with Gasteiger partial charge < -0.3 is 5.11 Å². The van der Waals surface area contributed by atoms with E-state index in [-0.39, 0.29) is 5.75 Å². The molecule has 1 aromatic rings. The van der Waals surface area contributed by atoms with Crippen LogP contribution in [0.5, 0.6) is 5.75 Å². The van der Waals surface area contributed by atoms with E-state index in [2.05, 4.69) is 11.8 Å². The highest BCUT2D eigenvalue weighted by Crippen LogP contribution is 2.30. The van der Waals surface area contributed by atoms with Crippen molar-refractivity contribution >= 4 is 11.6 Å². The van der Waals surface area contributed by atoms with Gasteiger partial charge in [-0.15, -0.1) is 0 Å². The van der Waals surface area contributed by atoms with E-state index >= 15 is 0 Å². The summed E-state index contributed by atoms with van der Waals surface area (Å²) in [6.45, 7) is 4.01. The number of benzene rings is 1. The molecule has 0 atom stereocenters. The Morgan fingerprint density at radius 1 is 1.28 bits per heavy atom. The van der Waals surface area contributed by atoms with Gasteiger partial charge in [0.1, 0.15) is 5.75 Å². The number of phenolic OH excluding ortho intramolecular Hbond substituents is 1. The number of nitrogens with zero attached hydrogens (tertiary/aromatic N) is 1. The van der Waals surface area contributed by atoms with Crippen LogP contribution in [0.1, 0.15) is 44.6 Å². The molecule has 1 fully saturated rings. The van der Waals surface area contributed by atoms with E-state index in [4.69, 9.17) is 11.6 Å². The minimum atomic E-state index is 0.244. The highest BCUT2D eigenvalue weighted by atomic mass is 35.5. The zero-order valence-electron chi connectivity index (χ0n) is 11.0. The summed E-state index contributed by atoms with van der Waals surface area (Å²) in [4.78, 5) is 2.46. The quantitative estimate of drug-likeness (QED) is 0.884. The van der Waals surface area contributed by atoms with Gasteiger partial charge in [-0.1, -0.05) is 49.9 Å². The number of halogens is 1. The molecule has 2 rings (SSSR count). The largest absolute Gasteiger partial charge is 0.506 e. The molecule has 0 heterocycles. The SMILES string of the molecule is CCN(Cc1cccc(Cl)c1O)C1CCCCC1. The Labute approximate surface area is 115 Å². The summed E-state index contributed by atoms with van der Waals surface area (Å²) in [6, 6.07) is 6.28. The second-order valence-corrected chi connectivity index (χ2v) is 5.51. The Morgan fingerprint density at radius 2 is 2.00 bits per heavy atom. The molecular weight excluding hydrogens is 246 g/mol. The molecule has 1 aliphatic rings. The third kappa shape index (κ3) is 3.18. The summed E-state index contributed by atoms with van der Waals surface area (Å²) in [6.07, 6.45) is 6.62. The van der Waals surface area contributed by atoms with E-state index in [0.717, 1.165) is 18.7 Å². The van der Waals surface area contributed by atoms with Crippen molar-refractivity contribution in [2.24, 2.45) is 0 Å². The molecule has 3 heteroatoms. The molecular formula is C15H22ClNO. The van der Waals surface area contributed by atoms with Crippen LogP contribution in [0, 0.1) is 0 Å². The Kier molecular flexibility index (Phi) is 4.90. The lowest BCUT2D eigenvalue weighted by molar-refractivity contribution is 0.154. The van der Waals surface area contributed by atoms with Gasteiger partial charge in [-0.2, -0.15) is 0 Å². The summed E-state index contributed by atoms with van der Waals surface area (Å²) in [5.41, 5.74) is 0.940. The summed E-state index contributed by atoms with van der Waals surface area (Å²) >= 11 is 5.96. The molecule has 0 spiro atoms. The Hall–Kier alpha value is -0.730. The number of phenols is 1. The molecule has 0 aliphatic heterocycles. The third-order valence-corrected chi connectivity index (χ3v) is 4.25. The molecule has 1 aromatic carbocycles. The molecule has 0 amide bonds. The first kappa shape index (κ1) is 13.7. The topological polar surface area (TPSA) is 23.5 Å². The number of rotatable bonds is 4. The van der Waals surface area contributed by atoms with Crippen LogP contribution in [0.3, 0.4) is 0 Å². The van der Waals surface area contributed by atoms with E-state index in [1.54, 1.807) is 6.07 Å². The van der Waals surface area contributed by atoms with Gasteiger partial charge in [0.15, 0.2) is 0 Å². The normalized spacial score (nSPS) is 17.3. The average molecular weight is 268 g/mol. The van der Waals surface area contributed by atoms with Crippen LogP contribution in [0.25, 0.3) is 0 Å². The maximum atomic E-state index is 9.98. The van der Waals surface area contributed by atoms with E-state index < -0.39 is 0 Å². The lowest BCUT2D eigenvalue weighted by atomic mass is 9.94. The van der Waals surface area contributed by atoms with E-state index in [0.29, 0.717) is 11.1 Å². The predicted octanol–water partition coefficient (Wildman–Crippen LogP) is 4.20. The molecule has 1 saturated carbocycles. The van der Waals surface area contributed by atoms with Crippen molar-refractivity contribution in [3.05, 3.63) is 28.8 Å². The van der Waals surface area contributed by atoms with Crippen molar-refractivity contribution < 1.29 is 5.11 Å². The van der Waals surface area contributed by atoms with Crippen LogP contribution in [-0.4, -0.2) is 22.6 Å². The summed E-state index contributed by atoms with van der Waals surface area (Å²) in [7, 11) is 0. The number of para-hydroxylation sites is 1. The third-order valence-electron chi connectivity index (χ3n) is 3.94. The van der Waals surface area contributed by atoms with Crippen LogP contribution < -0.4 is 0 Å². The van der Waals surface area contributed by atoms with Crippen LogP contribution in [-0.2, 0) is 6.54 Å². The van der Waals surface area contributed by atoms with Gasteiger partial charge in [0.25, 0.3) is 0 Å². The molecule has 0 aromatic heterocycles. The number of hydrogen-bond acceptors (Lipinski definition) is 2. The van der Waals surface area contributed by atoms with E-state index in [1.165, 1.54) is 32.1 Å². The number of aromatic hydroxyl groups is 1. The van der Waals surface area contributed by atoms with Gasteiger partial charge in [-0.25, -0.2) is 0 Å². The molecule has 1 N–H and O–H groups in total. The van der Waals surface area contributed by atoms with E-state index in [9.17, 15) is 5.11 Å². The fraction of sp³-hybridized carbons (Fsp3) is 0.600. The predicted molar refractivity (Wildman–Crippen MR) is 76.1 cm³/mol. The minimum Gasteiger partial charge on any atom is -0.506 e. The second-order valence-electron chi connectivity index (χ2n) is 5.10. The molecule has 0 radical (unpaired) electrons. The minimum absolute atomic E-state index is 0.244. The van der Waals surface area contributed by atoms with Crippen molar-refractivity contribution in [2.75, 3.05) is 6.54 Å². The van der Waals surface area contributed by atoms with Crippen LogP contribution in [0.2, 0.25) is 5.02 Å². The molecule has 0 bridgehead atoms. The van der Waals surface area contributed by atoms with Crippen molar-refractivity contribution in [2.45, 2.75) is 51.6 Å². The highest BCUT2D eigenvalue weighted by Gasteiger charge is 2.21. The molecule has 0 unspecified atom stereocenters. The maximum absolute atomic E-state index is 9.98. The molecule has 18 heavy (non-hydrogen) atoms. The smallest absolute Gasteiger partial charge is 0.138 e. The van der Waals surface area contributed by atoms with Crippen molar-refractivity contribution in [1.82, 2.24) is 4.90 Å². The average Bonchev–Trinajstić information content (AvgIpc) is 2.41.